The molecule has 0 fully saturated rings. The molecule has 4 nitrogen and oxygen atoms in total. The quantitative estimate of drug-likeness (QED) is 0.220. The predicted molar refractivity (Wildman–Crippen MR) is 119 cm³/mol. The van der Waals surface area contributed by atoms with Crippen LogP contribution in [-0.4, -0.2) is 42.6 Å². The SMILES string of the molecule is CCNC(=NCCCCSC)NCCc1c[nH]c2ccc(F)cc12.I. The van der Waals surface area contributed by atoms with Crippen LogP contribution >= 0.6 is 35.7 Å². The van der Waals surface area contributed by atoms with Gasteiger partial charge in [0.2, 0.25) is 0 Å². The Morgan fingerprint density at radius 2 is 2.12 bits per heavy atom. The fraction of sp³-hybridized carbons (Fsp3) is 0.500. The lowest BCUT2D eigenvalue weighted by atomic mass is 10.1. The van der Waals surface area contributed by atoms with Crippen molar-refractivity contribution in [3.63, 3.8) is 0 Å². The number of hydrogen-bond acceptors (Lipinski definition) is 2. The van der Waals surface area contributed by atoms with Crippen molar-refractivity contribution >= 4 is 52.6 Å². The summed E-state index contributed by atoms with van der Waals surface area (Å²) < 4.78 is 13.4. The summed E-state index contributed by atoms with van der Waals surface area (Å²) in [4.78, 5) is 7.79. The lowest BCUT2D eigenvalue weighted by Crippen LogP contribution is -2.38. The normalized spacial score (nSPS) is 11.4. The first-order chi connectivity index (χ1) is 11.7. The third kappa shape index (κ3) is 7.43. The zero-order chi connectivity index (χ0) is 17.2. The van der Waals surface area contributed by atoms with Crippen LogP contribution in [0, 0.1) is 5.82 Å². The molecule has 140 valence electrons. The molecule has 0 radical (unpaired) electrons. The summed E-state index contributed by atoms with van der Waals surface area (Å²) in [6, 6.07) is 4.85. The molecular weight excluding hydrogens is 450 g/mol. The van der Waals surface area contributed by atoms with Crippen molar-refractivity contribution in [2.45, 2.75) is 26.2 Å². The Hall–Kier alpha value is -0.960. The topological polar surface area (TPSA) is 52.2 Å². The molecule has 2 rings (SSSR count). The number of fused-ring (bicyclic) bond motifs is 1. The summed E-state index contributed by atoms with van der Waals surface area (Å²) in [5, 5.41) is 7.58. The van der Waals surface area contributed by atoms with Crippen molar-refractivity contribution in [1.82, 2.24) is 15.6 Å². The molecule has 2 aromatic rings. The number of unbranched alkanes of at least 4 members (excludes halogenated alkanes) is 1. The Labute approximate surface area is 170 Å². The molecule has 0 aliphatic heterocycles. The molecule has 0 bridgehead atoms. The molecule has 1 aromatic carbocycles. The molecule has 0 saturated heterocycles. The van der Waals surface area contributed by atoms with Gasteiger partial charge in [-0.2, -0.15) is 11.8 Å². The van der Waals surface area contributed by atoms with E-state index in [9.17, 15) is 4.39 Å². The van der Waals surface area contributed by atoms with Gasteiger partial charge in [0.25, 0.3) is 0 Å². The molecule has 1 aromatic heterocycles. The minimum Gasteiger partial charge on any atom is -0.361 e. The van der Waals surface area contributed by atoms with E-state index in [0.29, 0.717) is 0 Å². The summed E-state index contributed by atoms with van der Waals surface area (Å²) in [6.07, 6.45) is 7.22. The van der Waals surface area contributed by atoms with Crippen molar-refractivity contribution in [2.75, 3.05) is 31.6 Å². The van der Waals surface area contributed by atoms with Crippen molar-refractivity contribution in [3.8, 4) is 0 Å². The minimum absolute atomic E-state index is 0. The van der Waals surface area contributed by atoms with Crippen LogP contribution in [-0.2, 0) is 6.42 Å². The maximum Gasteiger partial charge on any atom is 0.191 e. The first-order valence-electron chi connectivity index (χ1n) is 8.51. The van der Waals surface area contributed by atoms with Gasteiger partial charge in [0.15, 0.2) is 5.96 Å². The van der Waals surface area contributed by atoms with Crippen LogP contribution in [0.2, 0.25) is 0 Å². The number of nitrogens with one attached hydrogen (secondary N) is 3. The molecule has 0 aliphatic rings. The molecule has 0 unspecified atom stereocenters. The van der Waals surface area contributed by atoms with Crippen molar-refractivity contribution in [2.24, 2.45) is 4.99 Å². The summed E-state index contributed by atoms with van der Waals surface area (Å²) in [6.45, 7) is 4.51. The number of rotatable bonds is 9. The van der Waals surface area contributed by atoms with Crippen molar-refractivity contribution in [3.05, 3.63) is 35.8 Å². The van der Waals surface area contributed by atoms with Crippen LogP contribution in [0.25, 0.3) is 10.9 Å². The zero-order valence-corrected chi connectivity index (χ0v) is 18.0. The molecular formula is C18H28FIN4S. The van der Waals surface area contributed by atoms with E-state index in [2.05, 4.69) is 33.8 Å². The maximum absolute atomic E-state index is 13.4. The summed E-state index contributed by atoms with van der Waals surface area (Å²) in [5.41, 5.74) is 2.09. The Bertz CT molecular complexity index is 660. The summed E-state index contributed by atoms with van der Waals surface area (Å²) in [7, 11) is 0. The standard InChI is InChI=1S/C18H27FN4S.HI/c1-3-20-18(21-9-4-5-11-24-2)22-10-8-14-13-23-17-7-6-15(19)12-16(14)17;/h6-7,12-13,23H,3-5,8-11H2,1-2H3,(H2,20,21,22);1H. The molecule has 1 heterocycles. The number of aromatic nitrogens is 1. The average molecular weight is 478 g/mol. The van der Waals surface area contributed by atoms with Crippen LogP contribution in [0.3, 0.4) is 0 Å². The van der Waals surface area contributed by atoms with Crippen molar-refractivity contribution < 1.29 is 4.39 Å². The summed E-state index contributed by atoms with van der Waals surface area (Å²) in [5.74, 6) is 1.85. The van der Waals surface area contributed by atoms with Gasteiger partial charge in [-0.25, -0.2) is 4.39 Å². The number of hydrogen-bond donors (Lipinski definition) is 3. The number of guanidine groups is 1. The molecule has 0 aliphatic carbocycles. The highest BCUT2D eigenvalue weighted by Crippen LogP contribution is 2.19. The molecule has 0 spiro atoms. The molecule has 7 heteroatoms. The van der Waals surface area contributed by atoms with E-state index < -0.39 is 0 Å². The smallest absolute Gasteiger partial charge is 0.191 e. The number of halogens is 2. The molecule has 0 atom stereocenters. The van der Waals surface area contributed by atoms with E-state index in [-0.39, 0.29) is 29.8 Å². The Morgan fingerprint density at radius 1 is 1.28 bits per heavy atom. The number of aromatic amines is 1. The number of nitrogens with zero attached hydrogens (tertiary/aromatic N) is 1. The van der Waals surface area contributed by atoms with E-state index in [1.807, 2.05) is 18.0 Å². The van der Waals surface area contributed by atoms with Gasteiger partial charge in [-0.15, -0.1) is 24.0 Å². The van der Waals surface area contributed by atoms with E-state index in [4.69, 9.17) is 0 Å². The number of thioether (sulfide) groups is 1. The molecule has 3 N–H and O–H groups in total. The second-order valence-electron chi connectivity index (χ2n) is 5.64. The monoisotopic (exact) mass is 478 g/mol. The Kier molecular flexibility index (Phi) is 11.0. The average Bonchev–Trinajstić information content (AvgIpc) is 2.97. The van der Waals surface area contributed by atoms with Gasteiger partial charge in [0.1, 0.15) is 5.82 Å². The van der Waals surface area contributed by atoms with Crippen LogP contribution in [0.4, 0.5) is 4.39 Å². The van der Waals surface area contributed by atoms with Crippen LogP contribution in [0.5, 0.6) is 0 Å². The number of H-pyrrole nitrogens is 1. The lowest BCUT2D eigenvalue weighted by Gasteiger charge is -2.11. The molecule has 0 saturated carbocycles. The van der Waals surface area contributed by atoms with Gasteiger partial charge in [0, 0.05) is 36.7 Å². The van der Waals surface area contributed by atoms with Gasteiger partial charge < -0.3 is 15.6 Å². The Balaban J connectivity index is 0.00000312. The zero-order valence-electron chi connectivity index (χ0n) is 14.9. The van der Waals surface area contributed by atoms with Crippen LogP contribution < -0.4 is 10.6 Å². The van der Waals surface area contributed by atoms with Crippen LogP contribution in [0.1, 0.15) is 25.3 Å². The van der Waals surface area contributed by atoms with E-state index in [1.165, 1.54) is 18.2 Å². The van der Waals surface area contributed by atoms with Gasteiger partial charge >= 0.3 is 0 Å². The van der Waals surface area contributed by atoms with Gasteiger partial charge in [-0.1, -0.05) is 0 Å². The highest BCUT2D eigenvalue weighted by molar-refractivity contribution is 14.0. The first kappa shape index (κ1) is 22.1. The second-order valence-corrected chi connectivity index (χ2v) is 6.63. The van der Waals surface area contributed by atoms with E-state index in [0.717, 1.165) is 54.9 Å². The van der Waals surface area contributed by atoms with E-state index >= 15 is 0 Å². The molecule has 25 heavy (non-hydrogen) atoms. The highest BCUT2D eigenvalue weighted by atomic mass is 127. The maximum atomic E-state index is 13.4. The minimum atomic E-state index is -0.198. The number of benzene rings is 1. The lowest BCUT2D eigenvalue weighted by molar-refractivity contribution is 0.629. The predicted octanol–water partition coefficient (Wildman–Crippen LogP) is 4.17. The fourth-order valence-corrected chi connectivity index (χ4v) is 3.06. The Morgan fingerprint density at radius 3 is 2.88 bits per heavy atom. The third-order valence-corrected chi connectivity index (χ3v) is 4.48. The highest BCUT2D eigenvalue weighted by Gasteiger charge is 2.05. The third-order valence-electron chi connectivity index (χ3n) is 3.79. The second kappa shape index (κ2) is 12.4. The first-order valence-corrected chi connectivity index (χ1v) is 9.90. The fourth-order valence-electron chi connectivity index (χ4n) is 2.56. The van der Waals surface area contributed by atoms with Crippen molar-refractivity contribution in [1.29, 1.82) is 0 Å². The number of aliphatic imine (C=N–C) groups is 1. The van der Waals surface area contributed by atoms with E-state index in [1.54, 1.807) is 12.1 Å². The van der Waals surface area contributed by atoms with Gasteiger partial charge in [-0.3, -0.25) is 4.99 Å². The molecule has 0 amide bonds. The van der Waals surface area contributed by atoms with Gasteiger partial charge in [0.05, 0.1) is 0 Å². The van der Waals surface area contributed by atoms with Gasteiger partial charge in [-0.05, 0) is 62.0 Å². The summed E-state index contributed by atoms with van der Waals surface area (Å²) >= 11 is 1.88. The largest absolute Gasteiger partial charge is 0.361 e. The van der Waals surface area contributed by atoms with Crippen LogP contribution in [0.15, 0.2) is 29.4 Å².